The molecule has 1 heterocycles. The van der Waals surface area contributed by atoms with Crippen molar-refractivity contribution in [2.45, 2.75) is 6.92 Å². The summed E-state index contributed by atoms with van der Waals surface area (Å²) < 4.78 is 14.9. The second-order valence-corrected chi connectivity index (χ2v) is 2.48. The maximum absolute atomic E-state index is 10.3. The van der Waals surface area contributed by atoms with E-state index in [2.05, 4.69) is 4.18 Å². The van der Waals surface area contributed by atoms with Gasteiger partial charge in [0.05, 0.1) is 6.61 Å². The fraction of sp³-hybridized carbons (Fsp3) is 0.500. The van der Waals surface area contributed by atoms with Crippen LogP contribution in [-0.2, 0) is 15.3 Å². The molecule has 1 aliphatic heterocycles. The molecule has 2 nitrogen and oxygen atoms in total. The van der Waals surface area contributed by atoms with E-state index in [-0.39, 0.29) is 0 Å². The van der Waals surface area contributed by atoms with Crippen LogP contribution in [-0.4, -0.2) is 10.8 Å². The average Bonchev–Trinajstić information content (AvgIpc) is 1.87. The summed E-state index contributed by atoms with van der Waals surface area (Å²) in [6.07, 6.45) is 0. The van der Waals surface area contributed by atoms with E-state index in [1.807, 2.05) is 6.92 Å². The summed E-state index contributed by atoms with van der Waals surface area (Å²) >= 11 is -1.11. The Morgan fingerprint density at radius 1 is 2.00 bits per heavy atom. The monoisotopic (exact) mass is 118 g/mol. The molecule has 1 rings (SSSR count). The normalized spacial score (nSPS) is 30.4. The van der Waals surface area contributed by atoms with Crippen LogP contribution < -0.4 is 0 Å². The van der Waals surface area contributed by atoms with Crippen LogP contribution in [0.3, 0.4) is 0 Å². The molecule has 3 heteroatoms. The van der Waals surface area contributed by atoms with Gasteiger partial charge in [0.2, 0.25) is 0 Å². The molecular weight excluding hydrogens is 112 g/mol. The van der Waals surface area contributed by atoms with Gasteiger partial charge >= 0.3 is 0 Å². The van der Waals surface area contributed by atoms with Gasteiger partial charge in [-0.3, -0.25) is 4.18 Å². The Kier molecular flexibility index (Phi) is 1.25. The lowest BCUT2D eigenvalue weighted by molar-refractivity contribution is 0.401. The van der Waals surface area contributed by atoms with Crippen LogP contribution in [0.15, 0.2) is 11.0 Å². The second kappa shape index (κ2) is 1.76. The number of rotatable bonds is 0. The zero-order valence-electron chi connectivity index (χ0n) is 4.01. The Hall–Kier alpha value is -0.150. The maximum Gasteiger partial charge on any atom is 0.181 e. The van der Waals surface area contributed by atoms with E-state index in [0.717, 1.165) is 5.57 Å². The predicted octanol–water partition coefficient (Wildman–Crippen LogP) is 0.584. The van der Waals surface area contributed by atoms with Gasteiger partial charge in [0.25, 0.3) is 0 Å². The summed E-state index contributed by atoms with van der Waals surface area (Å²) in [4.78, 5) is 0. The summed E-state index contributed by atoms with van der Waals surface area (Å²) in [5.74, 6) is 0. The summed E-state index contributed by atoms with van der Waals surface area (Å²) in [6, 6.07) is 0. The van der Waals surface area contributed by atoms with E-state index >= 15 is 0 Å². The van der Waals surface area contributed by atoms with Crippen molar-refractivity contribution >= 4 is 11.1 Å². The summed E-state index contributed by atoms with van der Waals surface area (Å²) in [5.41, 5.74) is 1.05. The molecule has 7 heavy (non-hydrogen) atoms. The van der Waals surface area contributed by atoms with Crippen LogP contribution in [0.5, 0.6) is 0 Å². The predicted molar refractivity (Wildman–Crippen MR) is 27.9 cm³/mol. The lowest BCUT2D eigenvalue weighted by atomic mass is 10.4. The van der Waals surface area contributed by atoms with Crippen molar-refractivity contribution in [3.05, 3.63) is 11.0 Å². The first-order valence-corrected chi connectivity index (χ1v) is 3.14. The molecule has 0 N–H and O–H groups in total. The highest BCUT2D eigenvalue weighted by molar-refractivity contribution is 7.83. The molecule has 1 unspecified atom stereocenters. The fourth-order valence-electron chi connectivity index (χ4n) is 0.383. The van der Waals surface area contributed by atoms with Crippen LogP contribution in [0.1, 0.15) is 6.92 Å². The van der Waals surface area contributed by atoms with E-state index in [9.17, 15) is 4.21 Å². The zero-order valence-corrected chi connectivity index (χ0v) is 4.83. The van der Waals surface area contributed by atoms with Gasteiger partial charge in [-0.2, -0.15) is 0 Å². The van der Waals surface area contributed by atoms with Crippen LogP contribution in [0.2, 0.25) is 0 Å². The molecule has 0 saturated heterocycles. The van der Waals surface area contributed by atoms with Crippen LogP contribution >= 0.6 is 0 Å². The third-order valence-corrected chi connectivity index (χ3v) is 1.65. The second-order valence-electron chi connectivity index (χ2n) is 1.49. The molecule has 0 saturated carbocycles. The SMILES string of the molecule is CC1=CS(=O)OC1. The molecule has 0 aromatic rings. The number of hydrogen-bond acceptors (Lipinski definition) is 2. The molecule has 1 atom stereocenters. The van der Waals surface area contributed by atoms with Crippen molar-refractivity contribution in [3.8, 4) is 0 Å². The molecule has 0 fully saturated rings. The van der Waals surface area contributed by atoms with Gasteiger partial charge in [0.15, 0.2) is 11.1 Å². The standard InChI is InChI=1S/C4H6O2S/c1-4-2-6-7(5)3-4/h3H,2H2,1H3. The minimum absolute atomic E-state index is 0.534. The van der Waals surface area contributed by atoms with Gasteiger partial charge in [-0.1, -0.05) is 0 Å². The van der Waals surface area contributed by atoms with E-state index < -0.39 is 11.1 Å². The lowest BCUT2D eigenvalue weighted by Crippen LogP contribution is -1.83. The highest BCUT2D eigenvalue weighted by Gasteiger charge is 2.04. The fourth-order valence-corrected chi connectivity index (χ4v) is 1.15. The first-order valence-electron chi connectivity index (χ1n) is 2.00. The molecule has 0 amide bonds. The van der Waals surface area contributed by atoms with E-state index in [4.69, 9.17) is 0 Å². The molecule has 0 aromatic heterocycles. The van der Waals surface area contributed by atoms with Gasteiger partial charge in [0.1, 0.15) is 0 Å². The maximum atomic E-state index is 10.3. The highest BCUT2D eigenvalue weighted by Crippen LogP contribution is 2.06. The average molecular weight is 118 g/mol. The highest BCUT2D eigenvalue weighted by atomic mass is 32.2. The van der Waals surface area contributed by atoms with Crippen LogP contribution in [0.4, 0.5) is 0 Å². The summed E-state index contributed by atoms with van der Waals surface area (Å²) in [7, 11) is 0. The van der Waals surface area contributed by atoms with E-state index in [1.165, 1.54) is 0 Å². The molecule has 0 radical (unpaired) electrons. The summed E-state index contributed by atoms with van der Waals surface area (Å²) in [5, 5.41) is 1.61. The topological polar surface area (TPSA) is 26.3 Å². The molecule has 1 aliphatic rings. The van der Waals surface area contributed by atoms with Gasteiger partial charge in [0, 0.05) is 5.41 Å². The first kappa shape index (κ1) is 5.00. The lowest BCUT2D eigenvalue weighted by Gasteiger charge is -1.81. The third-order valence-electron chi connectivity index (χ3n) is 0.700. The molecular formula is C4H6O2S. The smallest absolute Gasteiger partial charge is 0.181 e. The van der Waals surface area contributed by atoms with Crippen LogP contribution in [0, 0.1) is 0 Å². The molecule has 0 aromatic carbocycles. The third kappa shape index (κ3) is 1.11. The van der Waals surface area contributed by atoms with E-state index in [0.29, 0.717) is 6.61 Å². The van der Waals surface area contributed by atoms with Crippen molar-refractivity contribution in [2.24, 2.45) is 0 Å². The Balaban J connectivity index is 2.67. The molecule has 0 bridgehead atoms. The zero-order chi connectivity index (χ0) is 5.28. The Morgan fingerprint density at radius 3 is 2.86 bits per heavy atom. The van der Waals surface area contributed by atoms with Gasteiger partial charge in [-0.25, -0.2) is 4.21 Å². The quantitative estimate of drug-likeness (QED) is 0.465. The Labute approximate surface area is 44.8 Å². The van der Waals surface area contributed by atoms with Gasteiger partial charge in [-0.05, 0) is 12.5 Å². The Morgan fingerprint density at radius 2 is 2.71 bits per heavy atom. The first-order chi connectivity index (χ1) is 3.29. The van der Waals surface area contributed by atoms with Crippen LogP contribution in [0.25, 0.3) is 0 Å². The van der Waals surface area contributed by atoms with Crippen molar-refractivity contribution < 1.29 is 8.39 Å². The van der Waals surface area contributed by atoms with Crippen molar-refractivity contribution in [3.63, 3.8) is 0 Å². The largest absolute Gasteiger partial charge is 0.283 e. The van der Waals surface area contributed by atoms with Crippen molar-refractivity contribution in [1.82, 2.24) is 0 Å². The number of hydrogen-bond donors (Lipinski definition) is 0. The van der Waals surface area contributed by atoms with Crippen molar-refractivity contribution in [1.29, 1.82) is 0 Å². The minimum Gasteiger partial charge on any atom is -0.283 e. The van der Waals surface area contributed by atoms with Crippen molar-refractivity contribution in [2.75, 3.05) is 6.61 Å². The molecule has 0 spiro atoms. The van der Waals surface area contributed by atoms with E-state index in [1.54, 1.807) is 5.41 Å². The van der Waals surface area contributed by atoms with Gasteiger partial charge in [-0.15, -0.1) is 0 Å². The van der Waals surface area contributed by atoms with Gasteiger partial charge < -0.3 is 0 Å². The minimum atomic E-state index is -1.11. The molecule has 0 aliphatic carbocycles. The summed E-state index contributed by atoms with van der Waals surface area (Å²) in [6.45, 7) is 2.43. The molecule has 40 valence electrons. The Bertz CT molecular complexity index is 128.